The Balaban J connectivity index is 2.77. The van der Waals surface area contributed by atoms with Crippen molar-refractivity contribution in [1.82, 2.24) is 0 Å². The number of allylic oxidation sites excluding steroid dienone is 2. The third-order valence-corrected chi connectivity index (χ3v) is 2.53. The van der Waals surface area contributed by atoms with E-state index in [1.54, 1.807) is 0 Å². The summed E-state index contributed by atoms with van der Waals surface area (Å²) in [6, 6.07) is 0. The topological polar surface area (TPSA) is 0 Å². The Bertz CT molecular complexity index is 76.9. The molecule has 1 heterocycles. The van der Waals surface area contributed by atoms with Gasteiger partial charge in [-0.15, -0.1) is 0 Å². The van der Waals surface area contributed by atoms with E-state index < -0.39 is 0 Å². The fraction of sp³-hybridized carbons (Fsp3) is 0. The summed E-state index contributed by atoms with van der Waals surface area (Å²) in [5.74, 6) is 2.12. The van der Waals surface area contributed by atoms with Crippen LogP contribution < -0.4 is 0 Å². The fourth-order valence-electron chi connectivity index (χ4n) is 0.313. The van der Waals surface area contributed by atoms with Crippen LogP contribution in [0, 0.1) is 0 Å². The third kappa shape index (κ3) is 1.22. The Morgan fingerprint density at radius 1 is 1.33 bits per heavy atom. The van der Waals surface area contributed by atoms with Gasteiger partial charge in [-0.2, -0.15) is 0 Å². The van der Waals surface area contributed by atoms with E-state index in [0.29, 0.717) is 0 Å². The summed E-state index contributed by atoms with van der Waals surface area (Å²) in [4.78, 5) is 0. The van der Waals surface area contributed by atoms with Crippen molar-refractivity contribution in [3.8, 4) is 0 Å². The first-order chi connectivity index (χ1) is 3.00. The van der Waals surface area contributed by atoms with Crippen molar-refractivity contribution in [3.05, 3.63) is 22.1 Å². The molecule has 0 radical (unpaired) electrons. The monoisotopic (exact) mass is 184 g/mol. The molecule has 6 heavy (non-hydrogen) atoms. The molecule has 0 aliphatic carbocycles. The van der Waals surface area contributed by atoms with Crippen LogP contribution in [-0.4, -0.2) is 25.5 Å². The minimum atomic E-state index is 0.0368. The summed E-state index contributed by atoms with van der Waals surface area (Å²) in [6.07, 6.45) is 4.19. The van der Waals surface area contributed by atoms with E-state index in [1.807, 2.05) is 0 Å². The molecule has 1 aliphatic rings. The van der Waals surface area contributed by atoms with Crippen LogP contribution in [0.5, 0.6) is 0 Å². The Labute approximate surface area is 47.9 Å². The zero-order valence-corrected chi connectivity index (χ0v) is 5.89. The van der Waals surface area contributed by atoms with Gasteiger partial charge in [-0.25, -0.2) is 0 Å². The van der Waals surface area contributed by atoms with Crippen molar-refractivity contribution >= 4 is 25.5 Å². The maximum absolute atomic E-state index is 2.28. The van der Waals surface area contributed by atoms with Crippen LogP contribution in [0.25, 0.3) is 0 Å². The van der Waals surface area contributed by atoms with Crippen molar-refractivity contribution in [2.75, 3.05) is 0 Å². The van der Waals surface area contributed by atoms with Gasteiger partial charge in [0.05, 0.1) is 0 Å². The summed E-state index contributed by atoms with van der Waals surface area (Å²) in [7, 11) is 0. The molecule has 0 fully saturated rings. The van der Waals surface area contributed by atoms with Gasteiger partial charge in [-0.3, -0.25) is 0 Å². The van der Waals surface area contributed by atoms with Gasteiger partial charge in [0.25, 0.3) is 0 Å². The molecule has 0 atom stereocenters. The molecule has 0 spiro atoms. The van der Waals surface area contributed by atoms with Crippen LogP contribution in [0.2, 0.25) is 0 Å². The average molecular weight is 185 g/mol. The van der Waals surface area contributed by atoms with E-state index >= 15 is 0 Å². The second kappa shape index (κ2) is 2.52. The Morgan fingerprint density at radius 2 is 2.33 bits per heavy atom. The second-order valence-corrected chi connectivity index (χ2v) is 3.58. The Morgan fingerprint density at radius 3 is 2.50 bits per heavy atom. The zero-order valence-electron chi connectivity index (χ0n) is 3.33. The van der Waals surface area contributed by atoms with Gasteiger partial charge in [-0.1, -0.05) is 0 Å². The molecule has 1 aliphatic heterocycles. The quantitative estimate of drug-likeness (QED) is 0.477. The predicted molar refractivity (Wildman–Crippen MR) is 29.8 cm³/mol. The van der Waals surface area contributed by atoms with Crippen LogP contribution in [-0.2, 0) is 0 Å². The summed E-state index contributed by atoms with van der Waals surface area (Å²) in [5.41, 5.74) is 0. The standard InChI is InChI=1S/C4H4B.Sb/c1-2-3-4-5;/h1-4H;. The summed E-state index contributed by atoms with van der Waals surface area (Å²) in [5, 5.41) is 0. The predicted octanol–water partition coefficient (Wildman–Crippen LogP) is 0.351. The summed E-state index contributed by atoms with van der Waals surface area (Å²) in [6.45, 7) is 0. The minimum absolute atomic E-state index is 0.0368. The van der Waals surface area contributed by atoms with Gasteiger partial charge in [0, 0.05) is 0 Å². The Hall–Kier alpha value is 0.363. The first kappa shape index (κ1) is 4.52. The third-order valence-electron chi connectivity index (χ3n) is 0.566. The normalized spacial score (nSPS) is 14.7. The van der Waals surface area contributed by atoms with Gasteiger partial charge in [0.15, 0.2) is 0 Å². The van der Waals surface area contributed by atoms with Crippen LogP contribution in [0.4, 0.5) is 0 Å². The molecule has 0 aromatic heterocycles. The first-order valence-electron chi connectivity index (χ1n) is 1.85. The number of hydrogen-bond donors (Lipinski definition) is 0. The van der Waals surface area contributed by atoms with Crippen molar-refractivity contribution in [2.24, 2.45) is 0 Å². The zero-order chi connectivity index (χ0) is 4.24. The second-order valence-electron chi connectivity index (χ2n) is 1.02. The van der Waals surface area contributed by atoms with Gasteiger partial charge >= 0.3 is 47.7 Å². The van der Waals surface area contributed by atoms with E-state index in [2.05, 4.69) is 26.8 Å². The molecule has 0 saturated carbocycles. The average Bonchev–Trinajstić information content (AvgIpc) is 1.72. The number of rotatable bonds is 0. The van der Waals surface area contributed by atoms with E-state index in [4.69, 9.17) is 0 Å². The molecule has 0 unspecified atom stereocenters. The molecule has 0 aromatic rings. The molecule has 0 amide bonds. The molecular weight excluding hydrogens is 181 g/mol. The molecular formula is C4H4BSb. The molecule has 28 valence electrons. The molecule has 0 saturated heterocycles. The van der Waals surface area contributed by atoms with Crippen molar-refractivity contribution < 1.29 is 0 Å². The van der Waals surface area contributed by atoms with Gasteiger partial charge in [0.1, 0.15) is 0 Å². The van der Waals surface area contributed by atoms with Crippen LogP contribution >= 0.6 is 0 Å². The molecule has 0 nitrogen and oxygen atoms in total. The van der Waals surface area contributed by atoms with Crippen LogP contribution in [0.3, 0.4) is 0 Å². The van der Waals surface area contributed by atoms with Crippen molar-refractivity contribution in [2.45, 2.75) is 0 Å². The molecule has 0 aromatic carbocycles. The van der Waals surface area contributed by atoms with Crippen molar-refractivity contribution in [1.29, 1.82) is 0 Å². The fourth-order valence-corrected chi connectivity index (χ4v) is 1.73. The summed E-state index contributed by atoms with van der Waals surface area (Å²) >= 11 is 0.0368. The molecule has 0 bridgehead atoms. The van der Waals surface area contributed by atoms with Crippen LogP contribution in [0.15, 0.2) is 22.1 Å². The summed E-state index contributed by atoms with van der Waals surface area (Å²) < 4.78 is 4.55. The first-order valence-corrected chi connectivity index (χ1v) is 4.80. The van der Waals surface area contributed by atoms with E-state index in [9.17, 15) is 0 Å². The number of hydrogen-bond acceptors (Lipinski definition) is 0. The van der Waals surface area contributed by atoms with Gasteiger partial charge in [0.2, 0.25) is 0 Å². The maximum atomic E-state index is 2.28. The van der Waals surface area contributed by atoms with Crippen molar-refractivity contribution in [3.63, 3.8) is 0 Å². The van der Waals surface area contributed by atoms with E-state index in [-0.39, 0.29) is 20.9 Å². The van der Waals surface area contributed by atoms with Gasteiger partial charge in [-0.05, 0) is 0 Å². The van der Waals surface area contributed by atoms with Crippen LogP contribution in [0.1, 0.15) is 0 Å². The molecule has 0 N–H and O–H groups in total. The SMILES string of the molecule is [B]1=[Sb][CH]=CC=C1. The van der Waals surface area contributed by atoms with E-state index in [1.165, 1.54) is 0 Å². The van der Waals surface area contributed by atoms with Gasteiger partial charge < -0.3 is 0 Å². The Kier molecular flexibility index (Phi) is 1.90. The molecule has 2 heteroatoms. The van der Waals surface area contributed by atoms with E-state index in [0.717, 1.165) is 0 Å². The molecule has 1 rings (SSSR count).